The van der Waals surface area contributed by atoms with Crippen LogP contribution in [0.3, 0.4) is 0 Å². The van der Waals surface area contributed by atoms with Gasteiger partial charge in [-0.3, -0.25) is 4.79 Å². The molecule has 0 aliphatic heterocycles. The van der Waals surface area contributed by atoms with Crippen molar-refractivity contribution < 1.29 is 18.0 Å². The maximum Gasteiger partial charge on any atom is 0.199 e. The second-order valence-electron chi connectivity index (χ2n) is 4.01. The molecule has 19 heavy (non-hydrogen) atoms. The van der Waals surface area contributed by atoms with Crippen LogP contribution in [-0.4, -0.2) is 5.78 Å². The summed E-state index contributed by atoms with van der Waals surface area (Å²) in [4.78, 5) is 12.1. The minimum absolute atomic E-state index is 0.0219. The number of benzene rings is 2. The van der Waals surface area contributed by atoms with E-state index in [-0.39, 0.29) is 10.0 Å². The van der Waals surface area contributed by atoms with Crippen molar-refractivity contribution in [2.24, 2.45) is 0 Å². The van der Waals surface area contributed by atoms with E-state index in [1.807, 2.05) is 0 Å². The third-order valence-corrected chi connectivity index (χ3v) is 3.33. The van der Waals surface area contributed by atoms with Crippen LogP contribution in [0.1, 0.15) is 21.5 Å². The van der Waals surface area contributed by atoms with E-state index >= 15 is 0 Å². The van der Waals surface area contributed by atoms with E-state index in [2.05, 4.69) is 15.9 Å². The molecule has 1 nitrogen and oxygen atoms in total. The molecule has 0 spiro atoms. The highest BCUT2D eigenvalue weighted by Gasteiger charge is 2.22. The van der Waals surface area contributed by atoms with Gasteiger partial charge in [-0.2, -0.15) is 0 Å². The van der Waals surface area contributed by atoms with Gasteiger partial charge in [0.15, 0.2) is 11.6 Å². The first-order valence-electron chi connectivity index (χ1n) is 5.36. The molecule has 0 bridgehead atoms. The van der Waals surface area contributed by atoms with Crippen LogP contribution in [0.4, 0.5) is 13.2 Å². The molecule has 0 aliphatic carbocycles. The lowest BCUT2D eigenvalue weighted by Gasteiger charge is -2.08. The second kappa shape index (κ2) is 5.17. The molecule has 0 saturated carbocycles. The standard InChI is InChI=1S/C14H8BrF3O/c1-7-2-3-8(16)6-9(7)14(19)12-11(17)5-4-10(15)13(12)18/h2-6H,1H3. The number of carbonyl (C=O) groups is 1. The number of carbonyl (C=O) groups excluding carboxylic acids is 1. The Hall–Kier alpha value is -1.62. The third kappa shape index (κ3) is 2.56. The number of hydrogen-bond acceptors (Lipinski definition) is 1. The number of rotatable bonds is 2. The van der Waals surface area contributed by atoms with E-state index in [1.165, 1.54) is 18.2 Å². The van der Waals surface area contributed by atoms with Crippen LogP contribution in [0.5, 0.6) is 0 Å². The Bertz CT molecular complexity index is 668. The Kier molecular flexibility index (Phi) is 3.75. The van der Waals surface area contributed by atoms with Crippen molar-refractivity contribution in [3.63, 3.8) is 0 Å². The molecule has 2 aromatic rings. The highest BCUT2D eigenvalue weighted by atomic mass is 79.9. The summed E-state index contributed by atoms with van der Waals surface area (Å²) in [5.41, 5.74) is -0.302. The van der Waals surface area contributed by atoms with E-state index in [4.69, 9.17) is 0 Å². The lowest BCUT2D eigenvalue weighted by Crippen LogP contribution is -2.10. The molecule has 0 N–H and O–H groups in total. The summed E-state index contributed by atoms with van der Waals surface area (Å²) < 4.78 is 40.6. The second-order valence-corrected chi connectivity index (χ2v) is 4.86. The van der Waals surface area contributed by atoms with Gasteiger partial charge in [0, 0.05) is 5.56 Å². The van der Waals surface area contributed by atoms with E-state index < -0.39 is 28.8 Å². The van der Waals surface area contributed by atoms with Gasteiger partial charge in [-0.25, -0.2) is 13.2 Å². The van der Waals surface area contributed by atoms with Crippen molar-refractivity contribution in [2.45, 2.75) is 6.92 Å². The first kappa shape index (κ1) is 13.8. The van der Waals surface area contributed by atoms with Crippen LogP contribution in [0.2, 0.25) is 0 Å². The van der Waals surface area contributed by atoms with Gasteiger partial charge in [0.25, 0.3) is 0 Å². The largest absolute Gasteiger partial charge is 0.288 e. The molecule has 2 rings (SSSR count). The fraction of sp³-hybridized carbons (Fsp3) is 0.0714. The molecule has 98 valence electrons. The zero-order valence-corrected chi connectivity index (χ0v) is 11.4. The Morgan fingerprint density at radius 1 is 1.11 bits per heavy atom. The smallest absolute Gasteiger partial charge is 0.199 e. The van der Waals surface area contributed by atoms with Gasteiger partial charge in [-0.05, 0) is 52.7 Å². The molecule has 0 amide bonds. The van der Waals surface area contributed by atoms with Crippen molar-refractivity contribution in [1.29, 1.82) is 0 Å². The van der Waals surface area contributed by atoms with Crippen LogP contribution in [0, 0.1) is 24.4 Å². The topological polar surface area (TPSA) is 17.1 Å². The molecule has 0 atom stereocenters. The van der Waals surface area contributed by atoms with Gasteiger partial charge in [-0.15, -0.1) is 0 Å². The van der Waals surface area contributed by atoms with Gasteiger partial charge in [0.1, 0.15) is 11.6 Å². The summed E-state index contributed by atoms with van der Waals surface area (Å²) in [7, 11) is 0. The van der Waals surface area contributed by atoms with Crippen molar-refractivity contribution in [3.8, 4) is 0 Å². The van der Waals surface area contributed by atoms with E-state index in [0.29, 0.717) is 5.56 Å². The number of halogens is 4. The van der Waals surface area contributed by atoms with Crippen molar-refractivity contribution >= 4 is 21.7 Å². The summed E-state index contributed by atoms with van der Waals surface area (Å²) in [6.45, 7) is 1.57. The Balaban J connectivity index is 2.63. The molecule has 0 saturated heterocycles. The molecule has 0 radical (unpaired) electrons. The Labute approximate surface area is 116 Å². The van der Waals surface area contributed by atoms with Gasteiger partial charge >= 0.3 is 0 Å². The lowest BCUT2D eigenvalue weighted by molar-refractivity contribution is 0.103. The van der Waals surface area contributed by atoms with Crippen LogP contribution >= 0.6 is 15.9 Å². The molecule has 2 aromatic carbocycles. The molecule has 5 heteroatoms. The fourth-order valence-electron chi connectivity index (χ4n) is 1.71. The van der Waals surface area contributed by atoms with E-state index in [1.54, 1.807) is 6.92 Å². The van der Waals surface area contributed by atoms with Crippen LogP contribution in [0.15, 0.2) is 34.8 Å². The van der Waals surface area contributed by atoms with E-state index in [9.17, 15) is 18.0 Å². The predicted molar refractivity (Wildman–Crippen MR) is 68.6 cm³/mol. The maximum absolute atomic E-state index is 13.8. The number of hydrogen-bond donors (Lipinski definition) is 0. The number of ketones is 1. The van der Waals surface area contributed by atoms with Crippen molar-refractivity contribution in [3.05, 3.63) is 68.9 Å². The average Bonchev–Trinajstić information content (AvgIpc) is 2.37. The third-order valence-electron chi connectivity index (χ3n) is 2.72. The Morgan fingerprint density at radius 2 is 1.79 bits per heavy atom. The quantitative estimate of drug-likeness (QED) is 0.589. The van der Waals surface area contributed by atoms with E-state index in [0.717, 1.165) is 12.1 Å². The first-order valence-corrected chi connectivity index (χ1v) is 6.15. The molecule has 0 aromatic heterocycles. The summed E-state index contributed by atoms with van der Waals surface area (Å²) in [5.74, 6) is -3.49. The zero-order chi connectivity index (χ0) is 14.2. The van der Waals surface area contributed by atoms with Crippen molar-refractivity contribution in [2.75, 3.05) is 0 Å². The highest BCUT2D eigenvalue weighted by molar-refractivity contribution is 9.10. The van der Waals surface area contributed by atoms with Gasteiger partial charge in [0.05, 0.1) is 10.0 Å². The fourth-order valence-corrected chi connectivity index (χ4v) is 2.04. The first-order chi connectivity index (χ1) is 8.91. The normalized spacial score (nSPS) is 10.6. The average molecular weight is 329 g/mol. The van der Waals surface area contributed by atoms with Crippen LogP contribution < -0.4 is 0 Å². The molecule has 0 fully saturated rings. The van der Waals surface area contributed by atoms with Crippen LogP contribution in [0.25, 0.3) is 0 Å². The van der Waals surface area contributed by atoms with Gasteiger partial charge < -0.3 is 0 Å². The molecule has 0 aliphatic rings. The summed E-state index contributed by atoms with van der Waals surface area (Å²) in [6, 6.07) is 5.68. The van der Waals surface area contributed by atoms with Crippen molar-refractivity contribution in [1.82, 2.24) is 0 Å². The monoisotopic (exact) mass is 328 g/mol. The minimum Gasteiger partial charge on any atom is -0.288 e. The summed E-state index contributed by atoms with van der Waals surface area (Å²) >= 11 is 2.89. The maximum atomic E-state index is 13.8. The molecule has 0 unspecified atom stereocenters. The SMILES string of the molecule is Cc1ccc(F)cc1C(=O)c1c(F)ccc(Br)c1F. The summed E-state index contributed by atoms with van der Waals surface area (Å²) in [6.07, 6.45) is 0. The van der Waals surface area contributed by atoms with Gasteiger partial charge in [-0.1, -0.05) is 6.07 Å². The highest BCUT2D eigenvalue weighted by Crippen LogP contribution is 2.25. The lowest BCUT2D eigenvalue weighted by atomic mass is 9.98. The minimum atomic E-state index is -0.992. The zero-order valence-electron chi connectivity index (χ0n) is 9.81. The summed E-state index contributed by atoms with van der Waals surface area (Å²) in [5, 5.41) is 0. The molecular formula is C14H8BrF3O. The Morgan fingerprint density at radius 3 is 2.47 bits per heavy atom. The van der Waals surface area contributed by atoms with Crippen LogP contribution in [-0.2, 0) is 0 Å². The molecule has 0 heterocycles. The van der Waals surface area contributed by atoms with Gasteiger partial charge in [0.2, 0.25) is 0 Å². The number of aryl methyl sites for hydroxylation is 1. The molecular weight excluding hydrogens is 321 g/mol. The predicted octanol–water partition coefficient (Wildman–Crippen LogP) is 4.41.